The Morgan fingerprint density at radius 2 is 1.79 bits per heavy atom. The van der Waals surface area contributed by atoms with Gasteiger partial charge in [0.05, 0.1) is 12.7 Å². The standard InChI is InChI=1S/C16H13F3N2O3/c1-24-15(23)11-7-8-12(20-9-11)14(22)21-13(16(17,18)19)10-5-3-2-4-6-10/h2-9,13H,1H3,(H,21,22). The number of alkyl halides is 3. The van der Waals surface area contributed by atoms with Gasteiger partial charge in [-0.05, 0) is 17.7 Å². The third kappa shape index (κ3) is 4.09. The van der Waals surface area contributed by atoms with Crippen LogP contribution in [0, 0.1) is 0 Å². The molecule has 0 bridgehead atoms. The largest absolute Gasteiger partial charge is 0.465 e. The van der Waals surface area contributed by atoms with Crippen LogP contribution in [0.5, 0.6) is 0 Å². The predicted molar refractivity (Wildman–Crippen MR) is 78.3 cm³/mol. The number of carbonyl (C=O) groups excluding carboxylic acids is 2. The highest BCUT2D eigenvalue weighted by molar-refractivity contribution is 5.94. The molecule has 0 spiro atoms. The SMILES string of the molecule is COC(=O)c1ccc(C(=O)NC(c2ccccc2)C(F)(F)F)nc1. The minimum absolute atomic E-state index is 0.0875. The van der Waals surface area contributed by atoms with Crippen LogP contribution in [0.15, 0.2) is 48.7 Å². The van der Waals surface area contributed by atoms with Gasteiger partial charge in [-0.1, -0.05) is 30.3 Å². The molecular formula is C16H13F3N2O3. The second kappa shape index (κ2) is 7.12. The molecule has 0 aliphatic heterocycles. The van der Waals surface area contributed by atoms with Crippen molar-refractivity contribution in [2.75, 3.05) is 7.11 Å². The van der Waals surface area contributed by atoms with Gasteiger partial charge in [0.25, 0.3) is 5.91 Å². The molecule has 24 heavy (non-hydrogen) atoms. The van der Waals surface area contributed by atoms with E-state index in [0.717, 1.165) is 12.3 Å². The van der Waals surface area contributed by atoms with Crippen LogP contribution in [-0.4, -0.2) is 30.1 Å². The minimum atomic E-state index is -4.66. The van der Waals surface area contributed by atoms with Crippen LogP contribution in [0.2, 0.25) is 0 Å². The van der Waals surface area contributed by atoms with Gasteiger partial charge in [0.2, 0.25) is 0 Å². The Balaban J connectivity index is 2.21. The molecule has 2 aromatic rings. The maximum absolute atomic E-state index is 13.2. The van der Waals surface area contributed by atoms with Crippen molar-refractivity contribution in [3.63, 3.8) is 0 Å². The summed E-state index contributed by atoms with van der Waals surface area (Å²) < 4.78 is 44.1. The van der Waals surface area contributed by atoms with E-state index in [9.17, 15) is 22.8 Å². The lowest BCUT2D eigenvalue weighted by Gasteiger charge is -2.21. The summed E-state index contributed by atoms with van der Waals surface area (Å²) in [4.78, 5) is 27.0. The quantitative estimate of drug-likeness (QED) is 0.871. The van der Waals surface area contributed by atoms with Crippen molar-refractivity contribution in [1.29, 1.82) is 0 Å². The summed E-state index contributed by atoms with van der Waals surface area (Å²) in [5.74, 6) is -1.66. The van der Waals surface area contributed by atoms with Gasteiger partial charge in [-0.15, -0.1) is 0 Å². The Bertz CT molecular complexity index is 716. The first-order valence-electron chi connectivity index (χ1n) is 6.80. The van der Waals surface area contributed by atoms with Gasteiger partial charge >= 0.3 is 12.1 Å². The Hall–Kier alpha value is -2.90. The van der Waals surface area contributed by atoms with Gasteiger partial charge in [0.15, 0.2) is 6.04 Å². The van der Waals surface area contributed by atoms with Crippen LogP contribution >= 0.6 is 0 Å². The fraction of sp³-hybridized carbons (Fsp3) is 0.188. The summed E-state index contributed by atoms with van der Waals surface area (Å²) in [6.45, 7) is 0. The second-order valence-corrected chi connectivity index (χ2v) is 4.78. The molecule has 2 rings (SSSR count). The van der Waals surface area contributed by atoms with Gasteiger partial charge < -0.3 is 10.1 Å². The van der Waals surface area contributed by atoms with Gasteiger partial charge in [-0.25, -0.2) is 4.79 Å². The number of aromatic nitrogens is 1. The maximum Gasteiger partial charge on any atom is 0.412 e. The highest BCUT2D eigenvalue weighted by atomic mass is 19.4. The van der Waals surface area contributed by atoms with Gasteiger partial charge in [0, 0.05) is 6.20 Å². The van der Waals surface area contributed by atoms with E-state index in [-0.39, 0.29) is 16.8 Å². The molecule has 1 amide bonds. The Morgan fingerprint density at radius 3 is 2.29 bits per heavy atom. The van der Waals surface area contributed by atoms with E-state index in [2.05, 4.69) is 9.72 Å². The average molecular weight is 338 g/mol. The van der Waals surface area contributed by atoms with Crippen LogP contribution in [0.3, 0.4) is 0 Å². The van der Waals surface area contributed by atoms with E-state index in [1.807, 2.05) is 5.32 Å². The van der Waals surface area contributed by atoms with Crippen molar-refractivity contribution in [3.8, 4) is 0 Å². The van der Waals surface area contributed by atoms with Gasteiger partial charge in [-0.3, -0.25) is 9.78 Å². The fourth-order valence-electron chi connectivity index (χ4n) is 1.97. The smallest absolute Gasteiger partial charge is 0.412 e. The molecule has 1 unspecified atom stereocenters. The van der Waals surface area contributed by atoms with Crippen molar-refractivity contribution in [3.05, 3.63) is 65.5 Å². The molecule has 0 radical (unpaired) electrons. The van der Waals surface area contributed by atoms with E-state index >= 15 is 0 Å². The molecule has 5 nitrogen and oxygen atoms in total. The van der Waals surface area contributed by atoms with Crippen LogP contribution in [0.1, 0.15) is 32.5 Å². The highest BCUT2D eigenvalue weighted by Gasteiger charge is 2.42. The second-order valence-electron chi connectivity index (χ2n) is 4.78. The third-order valence-electron chi connectivity index (χ3n) is 3.15. The molecule has 0 fully saturated rings. The summed E-state index contributed by atoms with van der Waals surface area (Å²) in [6.07, 6.45) is -3.60. The average Bonchev–Trinajstić information content (AvgIpc) is 2.58. The van der Waals surface area contributed by atoms with Crippen LogP contribution in [0.4, 0.5) is 13.2 Å². The van der Waals surface area contributed by atoms with Crippen LogP contribution in [-0.2, 0) is 4.74 Å². The zero-order valence-corrected chi connectivity index (χ0v) is 12.5. The number of esters is 1. The number of rotatable bonds is 4. The van der Waals surface area contributed by atoms with E-state index in [0.29, 0.717) is 0 Å². The first-order valence-corrected chi connectivity index (χ1v) is 6.80. The number of benzene rings is 1. The van der Waals surface area contributed by atoms with E-state index < -0.39 is 24.1 Å². The molecule has 1 heterocycles. The number of ether oxygens (including phenoxy) is 1. The van der Waals surface area contributed by atoms with Crippen molar-refractivity contribution in [2.45, 2.75) is 12.2 Å². The molecule has 1 atom stereocenters. The van der Waals surface area contributed by atoms with E-state index in [1.165, 1.54) is 37.4 Å². The molecule has 126 valence electrons. The van der Waals surface area contributed by atoms with Crippen molar-refractivity contribution >= 4 is 11.9 Å². The van der Waals surface area contributed by atoms with Gasteiger partial charge in [-0.2, -0.15) is 13.2 Å². The number of methoxy groups -OCH3 is 1. The summed E-state index contributed by atoms with van der Waals surface area (Å²) in [6, 6.07) is 7.25. The lowest BCUT2D eigenvalue weighted by Crippen LogP contribution is -2.38. The normalized spacial score (nSPS) is 12.3. The summed E-state index contributed by atoms with van der Waals surface area (Å²) in [5.41, 5.74) is -0.248. The summed E-state index contributed by atoms with van der Waals surface area (Å²) >= 11 is 0. The molecule has 0 saturated carbocycles. The monoisotopic (exact) mass is 338 g/mol. The van der Waals surface area contributed by atoms with Crippen molar-refractivity contribution < 1.29 is 27.5 Å². The van der Waals surface area contributed by atoms with Crippen molar-refractivity contribution in [2.24, 2.45) is 0 Å². The lowest BCUT2D eigenvalue weighted by molar-refractivity contribution is -0.155. The molecule has 0 aliphatic rings. The van der Waals surface area contributed by atoms with Crippen LogP contribution < -0.4 is 5.32 Å². The molecule has 8 heteroatoms. The number of hydrogen-bond donors (Lipinski definition) is 1. The molecular weight excluding hydrogens is 325 g/mol. The van der Waals surface area contributed by atoms with Crippen LogP contribution in [0.25, 0.3) is 0 Å². The number of halogens is 3. The third-order valence-corrected chi connectivity index (χ3v) is 3.15. The van der Waals surface area contributed by atoms with E-state index in [4.69, 9.17) is 0 Å². The zero-order chi connectivity index (χ0) is 17.7. The molecule has 0 saturated heterocycles. The van der Waals surface area contributed by atoms with Gasteiger partial charge in [0.1, 0.15) is 5.69 Å². The Labute approximate surface area is 135 Å². The topological polar surface area (TPSA) is 68.3 Å². The first-order chi connectivity index (χ1) is 11.3. The Kier molecular flexibility index (Phi) is 5.18. The number of nitrogens with zero attached hydrogens (tertiary/aromatic N) is 1. The predicted octanol–water partition coefficient (Wildman–Crippen LogP) is 2.90. The van der Waals surface area contributed by atoms with E-state index in [1.54, 1.807) is 6.07 Å². The molecule has 1 aromatic carbocycles. The number of amides is 1. The summed E-state index contributed by atoms with van der Waals surface area (Å²) in [5, 5.41) is 1.91. The zero-order valence-electron chi connectivity index (χ0n) is 12.5. The number of nitrogens with one attached hydrogen (secondary N) is 1. The molecule has 1 aromatic heterocycles. The summed E-state index contributed by atoms with van der Waals surface area (Å²) in [7, 11) is 1.18. The number of hydrogen-bond acceptors (Lipinski definition) is 4. The minimum Gasteiger partial charge on any atom is -0.465 e. The lowest BCUT2D eigenvalue weighted by atomic mass is 10.1. The molecule has 0 aliphatic carbocycles. The fourth-order valence-corrected chi connectivity index (χ4v) is 1.97. The first kappa shape index (κ1) is 17.5. The highest BCUT2D eigenvalue weighted by Crippen LogP contribution is 2.32. The Morgan fingerprint density at radius 1 is 1.12 bits per heavy atom. The number of pyridine rings is 1. The maximum atomic E-state index is 13.2. The number of carbonyl (C=O) groups is 2. The van der Waals surface area contributed by atoms with Crippen molar-refractivity contribution in [1.82, 2.24) is 10.3 Å². The molecule has 1 N–H and O–H groups in total.